The molecule has 0 aliphatic carbocycles. The summed E-state index contributed by atoms with van der Waals surface area (Å²) in [5, 5.41) is 0. The molecule has 0 saturated heterocycles. The highest BCUT2D eigenvalue weighted by Gasteiger charge is 2.14. The lowest BCUT2D eigenvalue weighted by molar-refractivity contribution is 0.145. The van der Waals surface area contributed by atoms with E-state index in [0.29, 0.717) is 0 Å². The van der Waals surface area contributed by atoms with E-state index in [2.05, 4.69) is 51.1 Å². The first-order chi connectivity index (χ1) is 9.49. The van der Waals surface area contributed by atoms with E-state index < -0.39 is 0 Å². The van der Waals surface area contributed by atoms with Crippen LogP contribution in [0, 0.1) is 0 Å². The smallest absolute Gasteiger partial charge is 0.126 e. The van der Waals surface area contributed by atoms with Crippen LogP contribution in [0.25, 0.3) is 6.08 Å². The lowest BCUT2D eigenvalue weighted by atomic mass is 9.86. The maximum Gasteiger partial charge on any atom is 0.126 e. The normalized spacial score (nSPS) is 12.1. The van der Waals surface area contributed by atoms with E-state index in [-0.39, 0.29) is 5.41 Å². The summed E-state index contributed by atoms with van der Waals surface area (Å²) < 4.78 is 10.8. The number of benzene rings is 1. The van der Waals surface area contributed by atoms with Gasteiger partial charge in [0.15, 0.2) is 0 Å². The highest BCUT2D eigenvalue weighted by molar-refractivity contribution is 5.59. The van der Waals surface area contributed by atoms with E-state index in [4.69, 9.17) is 9.47 Å². The zero-order chi connectivity index (χ0) is 15.0. The Kier molecular flexibility index (Phi) is 6.80. The summed E-state index contributed by atoms with van der Waals surface area (Å²) in [4.78, 5) is 0. The zero-order valence-corrected chi connectivity index (χ0v) is 13.5. The molecule has 0 aromatic heterocycles. The number of methoxy groups -OCH3 is 1. The average Bonchev–Trinajstić information content (AvgIpc) is 2.41. The van der Waals surface area contributed by atoms with Crippen LogP contribution in [-0.2, 0) is 10.2 Å². The molecule has 2 nitrogen and oxygen atoms in total. The Morgan fingerprint density at radius 1 is 1.20 bits per heavy atom. The van der Waals surface area contributed by atoms with Gasteiger partial charge in [-0.2, -0.15) is 0 Å². The van der Waals surface area contributed by atoms with Gasteiger partial charge in [-0.15, -0.1) is 0 Å². The minimum absolute atomic E-state index is 0.157. The third-order valence-electron chi connectivity index (χ3n) is 3.26. The molecule has 1 rings (SSSR count). The van der Waals surface area contributed by atoms with Crippen molar-refractivity contribution in [3.05, 3.63) is 35.4 Å². The first-order valence-electron chi connectivity index (χ1n) is 7.42. The van der Waals surface area contributed by atoms with Crippen LogP contribution in [0.1, 0.15) is 51.7 Å². The molecular weight excluding hydrogens is 248 g/mol. The molecular formula is C18H28O2. The first kappa shape index (κ1) is 16.8. The number of ether oxygens (including phenoxy) is 2. The number of hydrogen-bond donors (Lipinski definition) is 0. The zero-order valence-electron chi connectivity index (χ0n) is 13.5. The summed E-state index contributed by atoms with van der Waals surface area (Å²) in [6.45, 7) is 10.3. The molecule has 1 aromatic rings. The molecule has 0 radical (unpaired) electrons. The Hall–Kier alpha value is -1.28. The summed E-state index contributed by atoms with van der Waals surface area (Å²) in [6, 6.07) is 6.42. The molecule has 2 heteroatoms. The Morgan fingerprint density at radius 3 is 2.55 bits per heavy atom. The van der Waals surface area contributed by atoms with E-state index in [0.717, 1.165) is 37.4 Å². The van der Waals surface area contributed by atoms with Crippen LogP contribution in [-0.4, -0.2) is 20.3 Å². The van der Waals surface area contributed by atoms with Gasteiger partial charge < -0.3 is 9.47 Å². The standard InChI is InChI=1S/C18H28O2/c1-6-20-13-9-7-8-10-15-14-16(18(2,3)4)11-12-17(15)19-5/h8,10-12,14H,6-7,9,13H2,1-5H3/b10-8+. The van der Waals surface area contributed by atoms with E-state index in [9.17, 15) is 0 Å². The van der Waals surface area contributed by atoms with Crippen molar-refractivity contribution < 1.29 is 9.47 Å². The van der Waals surface area contributed by atoms with Crippen molar-refractivity contribution in [3.8, 4) is 5.75 Å². The topological polar surface area (TPSA) is 18.5 Å². The molecule has 1 aromatic carbocycles. The van der Waals surface area contributed by atoms with Crippen LogP contribution in [0.2, 0.25) is 0 Å². The predicted octanol–water partition coefficient (Wildman–Crippen LogP) is 4.82. The van der Waals surface area contributed by atoms with Crippen LogP contribution in [0.15, 0.2) is 24.3 Å². The van der Waals surface area contributed by atoms with Crippen molar-refractivity contribution in [1.82, 2.24) is 0 Å². The van der Waals surface area contributed by atoms with Gasteiger partial charge in [0, 0.05) is 18.8 Å². The van der Waals surface area contributed by atoms with Crippen molar-refractivity contribution >= 4 is 6.08 Å². The number of hydrogen-bond acceptors (Lipinski definition) is 2. The Labute approximate surface area is 123 Å². The van der Waals surface area contributed by atoms with Crippen LogP contribution < -0.4 is 4.74 Å². The molecule has 0 N–H and O–H groups in total. The van der Waals surface area contributed by atoms with Crippen molar-refractivity contribution in [2.24, 2.45) is 0 Å². The van der Waals surface area contributed by atoms with Crippen molar-refractivity contribution in [1.29, 1.82) is 0 Å². The highest BCUT2D eigenvalue weighted by atomic mass is 16.5. The lowest BCUT2D eigenvalue weighted by Gasteiger charge is -2.20. The fourth-order valence-electron chi connectivity index (χ4n) is 1.99. The van der Waals surface area contributed by atoms with Gasteiger partial charge in [-0.3, -0.25) is 0 Å². The van der Waals surface area contributed by atoms with Crippen molar-refractivity contribution in [3.63, 3.8) is 0 Å². The second-order valence-corrected chi connectivity index (χ2v) is 5.95. The first-order valence-corrected chi connectivity index (χ1v) is 7.42. The molecule has 0 aliphatic rings. The van der Waals surface area contributed by atoms with Gasteiger partial charge in [-0.25, -0.2) is 0 Å². The maximum absolute atomic E-state index is 5.43. The largest absolute Gasteiger partial charge is 0.496 e. The van der Waals surface area contributed by atoms with Crippen LogP contribution >= 0.6 is 0 Å². The monoisotopic (exact) mass is 276 g/mol. The molecule has 0 aliphatic heterocycles. The van der Waals surface area contributed by atoms with E-state index >= 15 is 0 Å². The lowest BCUT2D eigenvalue weighted by Crippen LogP contribution is -2.11. The SMILES string of the molecule is CCOCCC/C=C/c1cc(C(C)(C)C)ccc1OC. The Morgan fingerprint density at radius 2 is 1.95 bits per heavy atom. The molecule has 0 amide bonds. The van der Waals surface area contributed by atoms with Gasteiger partial charge in [0.1, 0.15) is 5.75 Å². The highest BCUT2D eigenvalue weighted by Crippen LogP contribution is 2.28. The van der Waals surface area contributed by atoms with E-state index in [1.807, 2.05) is 6.92 Å². The second-order valence-electron chi connectivity index (χ2n) is 5.95. The Bertz CT molecular complexity index is 428. The van der Waals surface area contributed by atoms with Gasteiger partial charge in [0.25, 0.3) is 0 Å². The average molecular weight is 276 g/mol. The molecule has 0 atom stereocenters. The summed E-state index contributed by atoms with van der Waals surface area (Å²) in [5.41, 5.74) is 2.63. The van der Waals surface area contributed by atoms with Crippen LogP contribution in [0.4, 0.5) is 0 Å². The second kappa shape index (κ2) is 8.11. The van der Waals surface area contributed by atoms with Crippen molar-refractivity contribution in [2.45, 2.75) is 46.0 Å². The summed E-state index contributed by atoms with van der Waals surface area (Å²) >= 11 is 0. The van der Waals surface area contributed by atoms with E-state index in [1.54, 1.807) is 7.11 Å². The minimum Gasteiger partial charge on any atom is -0.496 e. The molecule has 0 heterocycles. The third-order valence-corrected chi connectivity index (χ3v) is 3.26. The Balaban J connectivity index is 2.73. The molecule has 112 valence electrons. The summed E-state index contributed by atoms with van der Waals surface area (Å²) in [7, 11) is 1.72. The minimum atomic E-state index is 0.157. The fourth-order valence-corrected chi connectivity index (χ4v) is 1.99. The molecule has 0 unspecified atom stereocenters. The molecule has 0 bridgehead atoms. The van der Waals surface area contributed by atoms with Gasteiger partial charge in [-0.05, 0) is 42.9 Å². The van der Waals surface area contributed by atoms with E-state index in [1.165, 1.54) is 5.56 Å². The number of unbranched alkanes of at least 4 members (excludes halogenated alkanes) is 1. The number of allylic oxidation sites excluding steroid dienone is 1. The quantitative estimate of drug-likeness (QED) is 0.665. The molecule has 0 fully saturated rings. The summed E-state index contributed by atoms with van der Waals surface area (Å²) in [5.74, 6) is 0.930. The van der Waals surface area contributed by atoms with Crippen LogP contribution in [0.3, 0.4) is 0 Å². The predicted molar refractivity (Wildman–Crippen MR) is 86.5 cm³/mol. The van der Waals surface area contributed by atoms with Gasteiger partial charge in [0.05, 0.1) is 7.11 Å². The number of rotatable bonds is 7. The summed E-state index contributed by atoms with van der Waals surface area (Å²) in [6.07, 6.45) is 6.44. The van der Waals surface area contributed by atoms with Gasteiger partial charge in [0.2, 0.25) is 0 Å². The van der Waals surface area contributed by atoms with Crippen LogP contribution in [0.5, 0.6) is 5.75 Å². The molecule has 20 heavy (non-hydrogen) atoms. The fraction of sp³-hybridized carbons (Fsp3) is 0.556. The molecule has 0 spiro atoms. The van der Waals surface area contributed by atoms with Gasteiger partial charge in [-0.1, -0.05) is 39.0 Å². The molecule has 0 saturated carbocycles. The van der Waals surface area contributed by atoms with Crippen molar-refractivity contribution in [2.75, 3.05) is 20.3 Å². The maximum atomic E-state index is 5.43. The van der Waals surface area contributed by atoms with Gasteiger partial charge >= 0.3 is 0 Å². The third kappa shape index (κ3) is 5.38.